The van der Waals surface area contributed by atoms with E-state index in [9.17, 15) is 43.2 Å². The van der Waals surface area contributed by atoms with Crippen LogP contribution in [-0.4, -0.2) is 96.7 Å². The van der Waals surface area contributed by atoms with E-state index < -0.39 is 97.5 Å². The molecular formula is C80H156O17P2. The minimum atomic E-state index is -4.96. The molecule has 0 saturated carbocycles. The third-order valence-corrected chi connectivity index (χ3v) is 20.7. The Morgan fingerprint density at radius 1 is 0.273 bits per heavy atom. The quantitative estimate of drug-likeness (QED) is 0.0222. The van der Waals surface area contributed by atoms with Crippen molar-refractivity contribution < 1.29 is 80.2 Å². The molecule has 0 spiro atoms. The number of carbonyl (C=O) groups excluding carboxylic acids is 4. The molecule has 0 bridgehead atoms. The molecule has 0 aromatic heterocycles. The van der Waals surface area contributed by atoms with Gasteiger partial charge < -0.3 is 33.8 Å². The summed E-state index contributed by atoms with van der Waals surface area (Å²) in [6.07, 6.45) is 63.8. The molecule has 0 aliphatic heterocycles. The highest BCUT2D eigenvalue weighted by atomic mass is 31.2. The molecule has 5 atom stereocenters. The summed E-state index contributed by atoms with van der Waals surface area (Å²) >= 11 is 0. The van der Waals surface area contributed by atoms with Crippen LogP contribution in [0.1, 0.15) is 426 Å². The Morgan fingerprint density at radius 3 is 0.687 bits per heavy atom. The summed E-state index contributed by atoms with van der Waals surface area (Å²) in [7, 11) is -9.92. The van der Waals surface area contributed by atoms with Gasteiger partial charge in [-0.15, -0.1) is 0 Å². The van der Waals surface area contributed by atoms with Crippen LogP contribution in [0, 0.1) is 5.92 Å². The van der Waals surface area contributed by atoms with Crippen molar-refractivity contribution in [1.29, 1.82) is 0 Å². The Morgan fingerprint density at radius 2 is 0.465 bits per heavy atom. The highest BCUT2D eigenvalue weighted by Crippen LogP contribution is 2.45. The standard InChI is InChI=1S/C80H156O17P2/c1-6-9-12-15-18-21-24-26-28-30-31-32-34-36-40-45-50-55-60-65-79(84)96-76(70-91-78(83)64-59-54-49-44-39-35-33-29-27-25-22-19-16-13-10-7-2)72-95-99(88,89)93-68-74(81)67-92-98(86,87)94-71-75(69-90-77(82)63-58-53-48-43-23-20-17-14-11-8-3)97-80(85)66-61-56-51-46-41-37-38-42-47-52-57-62-73(4)5/h73-76,81H,6-72H2,1-5H3,(H,86,87)(H,88,89)/t74-,75+,76+/m0/s1. The second-order valence-electron chi connectivity index (χ2n) is 29.3. The van der Waals surface area contributed by atoms with Crippen molar-refractivity contribution in [3.8, 4) is 0 Å². The first-order chi connectivity index (χ1) is 48.0. The molecule has 0 aliphatic rings. The molecular weight excluding hydrogens is 1290 g/mol. The molecule has 99 heavy (non-hydrogen) atoms. The van der Waals surface area contributed by atoms with Gasteiger partial charge in [0, 0.05) is 25.7 Å². The summed E-state index contributed by atoms with van der Waals surface area (Å²) in [6, 6.07) is 0. The van der Waals surface area contributed by atoms with Crippen LogP contribution in [0.3, 0.4) is 0 Å². The summed E-state index contributed by atoms with van der Waals surface area (Å²) in [5, 5.41) is 10.6. The van der Waals surface area contributed by atoms with Crippen molar-refractivity contribution in [2.75, 3.05) is 39.6 Å². The maximum absolute atomic E-state index is 13.1. The number of esters is 4. The van der Waals surface area contributed by atoms with Crippen LogP contribution in [0.15, 0.2) is 0 Å². The van der Waals surface area contributed by atoms with Crippen LogP contribution in [-0.2, 0) is 65.4 Å². The minimum absolute atomic E-state index is 0.107. The number of rotatable bonds is 80. The summed E-state index contributed by atoms with van der Waals surface area (Å²) in [5.41, 5.74) is 0. The van der Waals surface area contributed by atoms with Gasteiger partial charge in [0.05, 0.1) is 26.4 Å². The van der Waals surface area contributed by atoms with Crippen molar-refractivity contribution >= 4 is 39.5 Å². The molecule has 0 rings (SSSR count). The van der Waals surface area contributed by atoms with E-state index in [-0.39, 0.29) is 25.7 Å². The van der Waals surface area contributed by atoms with Crippen LogP contribution in [0.2, 0.25) is 0 Å². The summed E-state index contributed by atoms with van der Waals surface area (Å²) < 4.78 is 68.7. The van der Waals surface area contributed by atoms with E-state index in [0.717, 1.165) is 95.8 Å². The molecule has 0 aliphatic carbocycles. The van der Waals surface area contributed by atoms with Gasteiger partial charge in [-0.2, -0.15) is 0 Å². The van der Waals surface area contributed by atoms with E-state index in [1.807, 2.05) is 0 Å². The second-order valence-corrected chi connectivity index (χ2v) is 32.2. The Bertz CT molecular complexity index is 1890. The highest BCUT2D eigenvalue weighted by molar-refractivity contribution is 7.47. The summed E-state index contributed by atoms with van der Waals surface area (Å²) in [5.74, 6) is -1.34. The topological polar surface area (TPSA) is 237 Å². The number of unbranched alkanes of at least 4 members (excludes halogenated alkanes) is 52. The number of phosphoric acid groups is 2. The Kier molecular flexibility index (Phi) is 71.6. The zero-order valence-electron chi connectivity index (χ0n) is 64.6. The molecule has 19 heteroatoms. The first-order valence-electron chi connectivity index (χ1n) is 41.6. The number of phosphoric ester groups is 2. The fourth-order valence-corrected chi connectivity index (χ4v) is 14.0. The Balaban J connectivity index is 5.23. The predicted octanol–water partition coefficient (Wildman–Crippen LogP) is 24.0. The van der Waals surface area contributed by atoms with E-state index in [1.165, 1.54) is 250 Å². The Hall–Kier alpha value is -1.94. The largest absolute Gasteiger partial charge is 0.472 e. The van der Waals surface area contributed by atoms with E-state index in [0.29, 0.717) is 25.7 Å². The average Bonchev–Trinajstić information content (AvgIpc) is 1.12. The fourth-order valence-electron chi connectivity index (χ4n) is 12.4. The molecule has 0 aromatic rings. The third kappa shape index (κ3) is 74.1. The van der Waals surface area contributed by atoms with E-state index in [2.05, 4.69) is 34.6 Å². The molecule has 3 N–H and O–H groups in total. The van der Waals surface area contributed by atoms with Crippen LogP contribution >= 0.6 is 15.6 Å². The summed E-state index contributed by atoms with van der Waals surface area (Å²) in [6.45, 7) is 7.32. The van der Waals surface area contributed by atoms with E-state index in [1.54, 1.807) is 0 Å². The van der Waals surface area contributed by atoms with Crippen molar-refractivity contribution in [2.24, 2.45) is 5.92 Å². The molecule has 0 fully saturated rings. The van der Waals surface area contributed by atoms with Crippen molar-refractivity contribution in [2.45, 2.75) is 445 Å². The van der Waals surface area contributed by atoms with Crippen molar-refractivity contribution in [3.05, 3.63) is 0 Å². The van der Waals surface area contributed by atoms with E-state index in [4.69, 9.17) is 37.0 Å². The van der Waals surface area contributed by atoms with E-state index >= 15 is 0 Å². The highest BCUT2D eigenvalue weighted by Gasteiger charge is 2.30. The van der Waals surface area contributed by atoms with Crippen molar-refractivity contribution in [3.63, 3.8) is 0 Å². The lowest BCUT2D eigenvalue weighted by atomic mass is 10.0. The number of aliphatic hydroxyl groups is 1. The smallest absolute Gasteiger partial charge is 0.462 e. The number of hydrogen-bond donors (Lipinski definition) is 3. The SMILES string of the molecule is CCCCCCCCCCCCCCCCCCCCCC(=O)O[C@H](COC(=O)CCCCCCCCCCCCCCCCCC)COP(=O)(O)OC[C@@H](O)COP(=O)(O)OC[C@@H](COC(=O)CCCCCCCCCCCC)OC(=O)CCCCCCCCCCCCCC(C)C. The van der Waals surface area contributed by atoms with Crippen LogP contribution in [0.25, 0.3) is 0 Å². The van der Waals surface area contributed by atoms with Crippen LogP contribution in [0.4, 0.5) is 0 Å². The Labute approximate surface area is 607 Å². The molecule has 0 saturated heterocycles. The summed E-state index contributed by atoms with van der Waals surface area (Å²) in [4.78, 5) is 73.0. The predicted molar refractivity (Wildman–Crippen MR) is 405 cm³/mol. The number of aliphatic hydroxyl groups excluding tert-OH is 1. The van der Waals surface area contributed by atoms with Crippen molar-refractivity contribution in [1.82, 2.24) is 0 Å². The fraction of sp³-hybridized carbons (Fsp3) is 0.950. The van der Waals surface area contributed by atoms with Gasteiger partial charge in [0.15, 0.2) is 12.2 Å². The molecule has 0 radical (unpaired) electrons. The maximum atomic E-state index is 13.1. The van der Waals surface area contributed by atoms with Gasteiger partial charge in [0.2, 0.25) is 0 Å². The minimum Gasteiger partial charge on any atom is -0.462 e. The molecule has 588 valence electrons. The van der Waals surface area contributed by atoms with Gasteiger partial charge in [-0.05, 0) is 31.6 Å². The third-order valence-electron chi connectivity index (χ3n) is 18.8. The van der Waals surface area contributed by atoms with Gasteiger partial charge >= 0.3 is 39.5 Å². The number of carbonyl (C=O) groups is 4. The second kappa shape index (κ2) is 73.0. The zero-order chi connectivity index (χ0) is 72.7. The molecule has 0 amide bonds. The molecule has 17 nitrogen and oxygen atoms in total. The first kappa shape index (κ1) is 97.1. The van der Waals surface area contributed by atoms with Gasteiger partial charge in [-0.1, -0.05) is 375 Å². The van der Waals surface area contributed by atoms with Gasteiger partial charge in [0.1, 0.15) is 19.3 Å². The lowest BCUT2D eigenvalue weighted by Crippen LogP contribution is -2.30. The monoisotopic (exact) mass is 1450 g/mol. The van der Waals surface area contributed by atoms with Gasteiger partial charge in [-0.25, -0.2) is 9.13 Å². The number of ether oxygens (including phenoxy) is 4. The normalized spacial score (nSPS) is 13.9. The van der Waals surface area contributed by atoms with Gasteiger partial charge in [0.25, 0.3) is 0 Å². The molecule has 0 heterocycles. The molecule has 2 unspecified atom stereocenters. The number of hydrogen-bond acceptors (Lipinski definition) is 15. The average molecular weight is 1450 g/mol. The van der Waals surface area contributed by atoms with Gasteiger partial charge in [-0.3, -0.25) is 37.3 Å². The lowest BCUT2D eigenvalue weighted by Gasteiger charge is -2.21. The van der Waals surface area contributed by atoms with Crippen LogP contribution < -0.4 is 0 Å². The first-order valence-corrected chi connectivity index (χ1v) is 44.6. The van der Waals surface area contributed by atoms with Crippen LogP contribution in [0.5, 0.6) is 0 Å². The lowest BCUT2D eigenvalue weighted by molar-refractivity contribution is -0.161. The zero-order valence-corrected chi connectivity index (χ0v) is 66.4. The molecule has 0 aromatic carbocycles. The maximum Gasteiger partial charge on any atom is 0.472 e.